The number of anilines is 2. The van der Waals surface area contributed by atoms with Crippen molar-refractivity contribution in [3.8, 4) is 11.5 Å². The smallest absolute Gasteiger partial charge is 0.228 e. The van der Waals surface area contributed by atoms with E-state index in [1.165, 1.54) is 0 Å². The molecule has 4 rings (SSSR count). The van der Waals surface area contributed by atoms with Gasteiger partial charge < -0.3 is 24.2 Å². The number of hydrogen-bond acceptors (Lipinski definition) is 5. The van der Waals surface area contributed by atoms with E-state index in [1.807, 2.05) is 29.2 Å². The van der Waals surface area contributed by atoms with Gasteiger partial charge >= 0.3 is 0 Å². The molecule has 0 aromatic heterocycles. The van der Waals surface area contributed by atoms with Crippen molar-refractivity contribution in [3.05, 3.63) is 47.5 Å². The number of amides is 2. The van der Waals surface area contributed by atoms with Crippen LogP contribution in [0, 0.1) is 5.92 Å². The SMILES string of the molecule is COc1ccccc1N1CCN(C(=O)[C@@H]2CC(=O)N(c3cc(Cl)ccc3OC)C2)CC1. The first-order valence-corrected chi connectivity index (χ1v) is 10.7. The van der Waals surface area contributed by atoms with Gasteiger partial charge in [0.15, 0.2) is 0 Å². The van der Waals surface area contributed by atoms with E-state index in [0.29, 0.717) is 36.1 Å². The fourth-order valence-electron chi connectivity index (χ4n) is 4.30. The fraction of sp³-hybridized carbons (Fsp3) is 0.391. The molecule has 164 valence electrons. The van der Waals surface area contributed by atoms with Crippen LogP contribution >= 0.6 is 11.6 Å². The van der Waals surface area contributed by atoms with Crippen molar-refractivity contribution in [1.29, 1.82) is 0 Å². The minimum absolute atomic E-state index is 0.0246. The number of carbonyl (C=O) groups excluding carboxylic acids is 2. The zero-order chi connectivity index (χ0) is 22.0. The quantitative estimate of drug-likeness (QED) is 0.710. The van der Waals surface area contributed by atoms with E-state index in [2.05, 4.69) is 4.90 Å². The summed E-state index contributed by atoms with van der Waals surface area (Å²) in [5.74, 6) is 0.961. The first kappa shape index (κ1) is 21.3. The van der Waals surface area contributed by atoms with Gasteiger partial charge in [-0.25, -0.2) is 0 Å². The molecule has 0 bridgehead atoms. The number of piperazine rings is 1. The van der Waals surface area contributed by atoms with Crippen LogP contribution in [0.2, 0.25) is 5.02 Å². The average Bonchev–Trinajstić information content (AvgIpc) is 3.20. The highest BCUT2D eigenvalue weighted by molar-refractivity contribution is 6.31. The lowest BCUT2D eigenvalue weighted by molar-refractivity contribution is -0.136. The third-order valence-corrected chi connectivity index (χ3v) is 6.16. The Morgan fingerprint density at radius 1 is 0.968 bits per heavy atom. The van der Waals surface area contributed by atoms with Crippen molar-refractivity contribution in [2.45, 2.75) is 6.42 Å². The van der Waals surface area contributed by atoms with Crippen LogP contribution in [-0.4, -0.2) is 63.7 Å². The number of para-hydroxylation sites is 2. The molecule has 1 atom stereocenters. The Morgan fingerprint density at radius 3 is 2.35 bits per heavy atom. The lowest BCUT2D eigenvalue weighted by Gasteiger charge is -2.37. The second-order valence-electron chi connectivity index (χ2n) is 7.71. The van der Waals surface area contributed by atoms with Crippen molar-refractivity contribution in [2.75, 3.05) is 56.7 Å². The van der Waals surface area contributed by atoms with Gasteiger partial charge in [-0.2, -0.15) is 0 Å². The fourth-order valence-corrected chi connectivity index (χ4v) is 4.46. The van der Waals surface area contributed by atoms with Gasteiger partial charge in [0.25, 0.3) is 0 Å². The number of halogens is 1. The summed E-state index contributed by atoms with van der Waals surface area (Å²) >= 11 is 6.12. The molecule has 2 aliphatic rings. The zero-order valence-electron chi connectivity index (χ0n) is 17.7. The second-order valence-corrected chi connectivity index (χ2v) is 8.14. The molecular weight excluding hydrogens is 418 g/mol. The summed E-state index contributed by atoms with van der Waals surface area (Å²) < 4.78 is 10.8. The van der Waals surface area contributed by atoms with E-state index in [0.717, 1.165) is 24.5 Å². The minimum atomic E-state index is -0.367. The molecule has 7 nitrogen and oxygen atoms in total. The number of ether oxygens (including phenoxy) is 2. The Balaban J connectivity index is 1.41. The van der Waals surface area contributed by atoms with Gasteiger partial charge in [0, 0.05) is 44.2 Å². The predicted octanol–water partition coefficient (Wildman–Crippen LogP) is 3.06. The summed E-state index contributed by atoms with van der Waals surface area (Å²) in [4.78, 5) is 31.6. The molecule has 2 aromatic carbocycles. The molecule has 8 heteroatoms. The topological polar surface area (TPSA) is 62.3 Å². The normalized spacial score (nSPS) is 19.0. The van der Waals surface area contributed by atoms with Crippen LogP contribution in [0.15, 0.2) is 42.5 Å². The Morgan fingerprint density at radius 2 is 1.65 bits per heavy atom. The van der Waals surface area contributed by atoms with Crippen molar-refractivity contribution in [3.63, 3.8) is 0 Å². The number of nitrogens with zero attached hydrogens (tertiary/aromatic N) is 3. The Kier molecular flexibility index (Phi) is 6.23. The summed E-state index contributed by atoms with van der Waals surface area (Å²) in [6.07, 6.45) is 0.196. The van der Waals surface area contributed by atoms with Crippen LogP contribution in [0.5, 0.6) is 11.5 Å². The molecule has 0 N–H and O–H groups in total. The van der Waals surface area contributed by atoms with Crippen molar-refractivity contribution < 1.29 is 19.1 Å². The first-order chi connectivity index (χ1) is 15.0. The maximum atomic E-state index is 13.2. The molecule has 2 aliphatic heterocycles. The minimum Gasteiger partial charge on any atom is -0.495 e. The monoisotopic (exact) mass is 443 g/mol. The molecule has 2 aromatic rings. The van der Waals surface area contributed by atoms with Gasteiger partial charge in [0.2, 0.25) is 11.8 Å². The maximum absolute atomic E-state index is 13.2. The molecule has 2 heterocycles. The Hall–Kier alpha value is -2.93. The predicted molar refractivity (Wildman–Crippen MR) is 120 cm³/mol. The van der Waals surface area contributed by atoms with E-state index >= 15 is 0 Å². The standard InChI is InChI=1S/C23H26ClN3O4/c1-30-20-6-4-3-5-18(20)25-9-11-26(12-10-25)23(29)16-13-22(28)27(15-16)19-14-17(24)7-8-21(19)31-2/h3-8,14,16H,9-13,15H2,1-2H3/t16-/m1/s1. The van der Waals surface area contributed by atoms with Crippen LogP contribution in [0.3, 0.4) is 0 Å². The third-order valence-electron chi connectivity index (χ3n) is 5.92. The van der Waals surface area contributed by atoms with Gasteiger partial charge in [-0.1, -0.05) is 23.7 Å². The van der Waals surface area contributed by atoms with Gasteiger partial charge in [-0.3, -0.25) is 9.59 Å². The van der Waals surface area contributed by atoms with Crippen molar-refractivity contribution in [1.82, 2.24) is 4.90 Å². The van der Waals surface area contributed by atoms with Crippen LogP contribution in [0.1, 0.15) is 6.42 Å². The molecule has 0 saturated carbocycles. The van der Waals surface area contributed by atoms with E-state index in [1.54, 1.807) is 37.3 Å². The van der Waals surface area contributed by atoms with Gasteiger partial charge in [-0.15, -0.1) is 0 Å². The van der Waals surface area contributed by atoms with Crippen LogP contribution < -0.4 is 19.3 Å². The molecule has 31 heavy (non-hydrogen) atoms. The highest BCUT2D eigenvalue weighted by Gasteiger charge is 2.39. The molecular formula is C23H26ClN3O4. The summed E-state index contributed by atoms with van der Waals surface area (Å²) in [6.45, 7) is 3.00. The van der Waals surface area contributed by atoms with Crippen LogP contribution in [-0.2, 0) is 9.59 Å². The highest BCUT2D eigenvalue weighted by atomic mass is 35.5. The molecule has 0 radical (unpaired) electrons. The molecule has 2 amide bonds. The maximum Gasteiger partial charge on any atom is 0.228 e. The Labute approximate surface area is 187 Å². The van der Waals surface area contributed by atoms with Gasteiger partial charge in [0.1, 0.15) is 11.5 Å². The van der Waals surface area contributed by atoms with Crippen LogP contribution in [0.25, 0.3) is 0 Å². The van der Waals surface area contributed by atoms with E-state index in [-0.39, 0.29) is 24.2 Å². The second kappa shape index (κ2) is 9.06. The Bertz CT molecular complexity index is 975. The summed E-state index contributed by atoms with van der Waals surface area (Å²) in [6, 6.07) is 13.1. The molecule has 0 spiro atoms. The van der Waals surface area contributed by atoms with Crippen molar-refractivity contribution in [2.24, 2.45) is 5.92 Å². The van der Waals surface area contributed by atoms with E-state index in [9.17, 15) is 9.59 Å². The zero-order valence-corrected chi connectivity index (χ0v) is 18.5. The molecule has 2 saturated heterocycles. The number of rotatable bonds is 5. The van der Waals surface area contributed by atoms with Crippen molar-refractivity contribution >= 4 is 34.8 Å². The average molecular weight is 444 g/mol. The number of benzene rings is 2. The number of methoxy groups -OCH3 is 2. The lowest BCUT2D eigenvalue weighted by Crippen LogP contribution is -2.50. The molecule has 2 fully saturated rings. The number of carbonyl (C=O) groups is 2. The van der Waals surface area contributed by atoms with Crippen LogP contribution in [0.4, 0.5) is 11.4 Å². The lowest BCUT2D eigenvalue weighted by atomic mass is 10.1. The largest absolute Gasteiger partial charge is 0.495 e. The highest BCUT2D eigenvalue weighted by Crippen LogP contribution is 2.36. The third kappa shape index (κ3) is 4.28. The summed E-state index contributed by atoms with van der Waals surface area (Å²) in [5.41, 5.74) is 1.64. The summed E-state index contributed by atoms with van der Waals surface area (Å²) in [7, 11) is 3.22. The first-order valence-electron chi connectivity index (χ1n) is 10.3. The molecule has 0 unspecified atom stereocenters. The van der Waals surface area contributed by atoms with E-state index < -0.39 is 0 Å². The van der Waals surface area contributed by atoms with Gasteiger partial charge in [0.05, 0.1) is 31.5 Å². The van der Waals surface area contributed by atoms with Gasteiger partial charge in [-0.05, 0) is 30.3 Å². The summed E-state index contributed by atoms with van der Waals surface area (Å²) in [5, 5.41) is 0.519. The van der Waals surface area contributed by atoms with E-state index in [4.69, 9.17) is 21.1 Å². The number of hydrogen-bond donors (Lipinski definition) is 0. The molecule has 0 aliphatic carbocycles.